The van der Waals surface area contributed by atoms with Gasteiger partial charge in [-0.05, 0) is 68.5 Å². The Hall–Kier alpha value is -4.98. The molecule has 2 aromatic carbocycles. The first-order valence-electron chi connectivity index (χ1n) is 17.5. The number of carbonyl (C=O) groups is 2. The highest BCUT2D eigenvalue weighted by Crippen LogP contribution is 2.52. The van der Waals surface area contributed by atoms with E-state index in [0.29, 0.717) is 46.7 Å². The molecular formula is C38H44F2N6O6. The third kappa shape index (κ3) is 5.58. The maximum Gasteiger partial charge on any atom is 0.329 e. The topological polar surface area (TPSA) is 120 Å². The average molecular weight is 719 g/mol. The van der Waals surface area contributed by atoms with Crippen LogP contribution in [0.5, 0.6) is 11.5 Å². The van der Waals surface area contributed by atoms with Gasteiger partial charge in [-0.3, -0.25) is 33.7 Å². The standard InChI is InChI=1S/C38H44F2N6O6/c1-22-23(2)35(49)42(3)18-25(22)24-16-30(51-5)26(31(17-24)52-6)19-44-20-37(38(39,40)21-44)12-14-45(15-13-37)27-8-7-9-28-33(27)43(4)36(50)46(28)29-10-11-32(47)41-34(29)48/h7-9,16-18,29H,10-15,19-21H2,1-6H3,(H,41,47,48). The highest BCUT2D eigenvalue weighted by Gasteiger charge is 2.60. The molecule has 3 aliphatic heterocycles. The number of halogens is 2. The van der Waals surface area contributed by atoms with Crippen molar-refractivity contribution in [2.75, 3.05) is 45.3 Å². The number of carbonyl (C=O) groups excluding carboxylic acids is 2. The highest BCUT2D eigenvalue weighted by atomic mass is 19.3. The Labute approximate surface area is 299 Å². The number of ether oxygens (including phenoxy) is 2. The van der Waals surface area contributed by atoms with Crippen LogP contribution >= 0.6 is 0 Å². The number of amides is 2. The van der Waals surface area contributed by atoms with E-state index in [2.05, 4.69) is 10.2 Å². The Kier molecular flexibility index (Phi) is 8.79. The number of likely N-dealkylation sites (tertiary alicyclic amines) is 1. The van der Waals surface area contributed by atoms with Gasteiger partial charge in [0.15, 0.2) is 0 Å². The van der Waals surface area contributed by atoms with Gasteiger partial charge in [-0.15, -0.1) is 0 Å². The van der Waals surface area contributed by atoms with Gasteiger partial charge in [0.2, 0.25) is 11.8 Å². The van der Waals surface area contributed by atoms with E-state index in [1.807, 2.05) is 31.2 Å². The first-order chi connectivity index (χ1) is 24.7. The largest absolute Gasteiger partial charge is 0.496 e. The molecule has 14 heteroatoms. The van der Waals surface area contributed by atoms with Crippen molar-refractivity contribution in [3.63, 3.8) is 0 Å². The lowest BCUT2D eigenvalue weighted by molar-refractivity contribution is -0.135. The number of anilines is 1. The molecule has 1 spiro atoms. The quantitative estimate of drug-likeness (QED) is 0.285. The van der Waals surface area contributed by atoms with Crippen LogP contribution in [-0.4, -0.2) is 76.7 Å². The van der Waals surface area contributed by atoms with E-state index < -0.39 is 29.8 Å². The second kappa shape index (κ2) is 12.9. The van der Waals surface area contributed by atoms with E-state index >= 15 is 8.78 Å². The molecule has 2 aromatic heterocycles. The molecule has 276 valence electrons. The van der Waals surface area contributed by atoms with Gasteiger partial charge in [-0.1, -0.05) is 6.07 Å². The SMILES string of the molecule is COc1cc(-c2cn(C)c(=O)c(C)c2C)cc(OC)c1CN1CC(F)(F)C2(CCN(c3cccc4c3n(C)c(=O)n4C3CCC(=O)NC3=O)CC2)C1. The van der Waals surface area contributed by atoms with E-state index in [1.165, 1.54) is 9.13 Å². The van der Waals surface area contributed by atoms with Crippen LogP contribution in [0.2, 0.25) is 0 Å². The van der Waals surface area contributed by atoms with Crippen LogP contribution in [0.1, 0.15) is 48.4 Å². The number of para-hydroxylation sites is 1. The van der Waals surface area contributed by atoms with Crippen LogP contribution in [0, 0.1) is 19.3 Å². The number of fused-ring (bicyclic) bond motifs is 1. The molecule has 12 nitrogen and oxygen atoms in total. The number of piperidine rings is 2. The molecule has 3 aliphatic rings. The number of aromatic nitrogens is 3. The van der Waals surface area contributed by atoms with Gasteiger partial charge >= 0.3 is 5.69 Å². The second-order valence-corrected chi connectivity index (χ2v) is 14.5. The minimum atomic E-state index is -2.95. The van der Waals surface area contributed by atoms with Crippen molar-refractivity contribution in [2.24, 2.45) is 19.5 Å². The molecule has 0 radical (unpaired) electrons. The first kappa shape index (κ1) is 35.4. The Morgan fingerprint density at radius 3 is 2.25 bits per heavy atom. The molecule has 2 amide bonds. The summed E-state index contributed by atoms with van der Waals surface area (Å²) >= 11 is 0. The fraction of sp³-hybridized carbons (Fsp3) is 0.474. The van der Waals surface area contributed by atoms with Crippen LogP contribution in [-0.2, 0) is 30.2 Å². The van der Waals surface area contributed by atoms with Crippen LogP contribution in [0.15, 0.2) is 46.1 Å². The van der Waals surface area contributed by atoms with Crippen molar-refractivity contribution >= 4 is 28.5 Å². The molecule has 3 fully saturated rings. The summed E-state index contributed by atoms with van der Waals surface area (Å²) < 4.78 is 48.4. The number of rotatable bonds is 7. The first-order valence-corrected chi connectivity index (χ1v) is 17.5. The van der Waals surface area contributed by atoms with Gasteiger partial charge in [0, 0.05) is 64.0 Å². The molecule has 1 unspecified atom stereocenters. The van der Waals surface area contributed by atoms with E-state index in [1.54, 1.807) is 57.0 Å². The van der Waals surface area contributed by atoms with Gasteiger partial charge in [0.25, 0.3) is 11.5 Å². The van der Waals surface area contributed by atoms with Crippen LogP contribution < -0.4 is 30.9 Å². The van der Waals surface area contributed by atoms with Crippen molar-refractivity contribution in [1.82, 2.24) is 23.9 Å². The molecule has 5 heterocycles. The van der Waals surface area contributed by atoms with Crippen molar-refractivity contribution in [3.8, 4) is 22.6 Å². The number of hydrogen-bond donors (Lipinski definition) is 1. The van der Waals surface area contributed by atoms with Crippen LogP contribution in [0.3, 0.4) is 0 Å². The zero-order chi connectivity index (χ0) is 37.3. The Balaban J connectivity index is 1.13. The Morgan fingerprint density at radius 2 is 1.62 bits per heavy atom. The minimum absolute atomic E-state index is 0.0712. The van der Waals surface area contributed by atoms with Gasteiger partial charge in [0.05, 0.1) is 48.5 Å². The number of benzene rings is 2. The summed E-state index contributed by atoms with van der Waals surface area (Å²) in [6.45, 7) is 4.40. The second-order valence-electron chi connectivity index (χ2n) is 14.5. The number of imide groups is 1. The average Bonchev–Trinajstić information content (AvgIpc) is 3.52. The predicted octanol–water partition coefficient (Wildman–Crippen LogP) is 4.06. The molecule has 4 aromatic rings. The molecule has 7 rings (SSSR count). The third-order valence-corrected chi connectivity index (χ3v) is 11.6. The zero-order valence-corrected chi connectivity index (χ0v) is 30.3. The molecule has 1 atom stereocenters. The molecule has 0 bridgehead atoms. The van der Waals surface area contributed by atoms with Gasteiger partial charge in [-0.25, -0.2) is 13.6 Å². The van der Waals surface area contributed by atoms with Crippen molar-refractivity contribution in [1.29, 1.82) is 0 Å². The number of methoxy groups -OCH3 is 2. The minimum Gasteiger partial charge on any atom is -0.496 e. The molecular weight excluding hydrogens is 674 g/mol. The molecule has 1 N–H and O–H groups in total. The number of hydrogen-bond acceptors (Lipinski definition) is 8. The fourth-order valence-electron chi connectivity index (χ4n) is 8.55. The van der Waals surface area contributed by atoms with E-state index in [4.69, 9.17) is 9.47 Å². The fourth-order valence-corrected chi connectivity index (χ4v) is 8.55. The summed E-state index contributed by atoms with van der Waals surface area (Å²) in [7, 11) is 6.45. The molecule has 3 saturated heterocycles. The maximum absolute atomic E-state index is 16.2. The maximum atomic E-state index is 16.2. The summed E-state index contributed by atoms with van der Waals surface area (Å²) in [6.07, 6.45) is 2.63. The smallest absolute Gasteiger partial charge is 0.329 e. The number of alkyl halides is 2. The van der Waals surface area contributed by atoms with Gasteiger partial charge < -0.3 is 18.9 Å². The third-order valence-electron chi connectivity index (χ3n) is 11.6. The molecule has 52 heavy (non-hydrogen) atoms. The van der Waals surface area contributed by atoms with Crippen molar-refractivity contribution < 1.29 is 27.8 Å². The van der Waals surface area contributed by atoms with Crippen molar-refractivity contribution in [3.05, 3.63) is 74.1 Å². The number of nitrogens with one attached hydrogen (secondary N) is 1. The Bertz CT molecular complexity index is 2210. The lowest BCUT2D eigenvalue weighted by Gasteiger charge is -2.43. The lowest BCUT2D eigenvalue weighted by atomic mass is 9.75. The summed E-state index contributed by atoms with van der Waals surface area (Å²) in [5.74, 6) is -2.79. The van der Waals surface area contributed by atoms with Crippen LogP contribution in [0.25, 0.3) is 22.2 Å². The monoisotopic (exact) mass is 718 g/mol. The lowest BCUT2D eigenvalue weighted by Crippen LogP contribution is -2.49. The van der Waals surface area contributed by atoms with Crippen LogP contribution in [0.4, 0.5) is 14.5 Å². The summed E-state index contributed by atoms with van der Waals surface area (Å²) in [4.78, 5) is 54.3. The van der Waals surface area contributed by atoms with E-state index in [0.717, 1.165) is 22.4 Å². The predicted molar refractivity (Wildman–Crippen MR) is 192 cm³/mol. The number of pyridine rings is 1. The van der Waals surface area contributed by atoms with E-state index in [9.17, 15) is 19.2 Å². The summed E-state index contributed by atoms with van der Waals surface area (Å²) in [5, 5.41) is 2.33. The zero-order valence-electron chi connectivity index (χ0n) is 30.3. The van der Waals surface area contributed by atoms with E-state index in [-0.39, 0.29) is 55.9 Å². The number of aryl methyl sites for hydroxylation is 2. The van der Waals surface area contributed by atoms with Gasteiger partial charge in [-0.2, -0.15) is 0 Å². The summed E-state index contributed by atoms with van der Waals surface area (Å²) in [6, 6.07) is 8.39. The number of imidazole rings is 1. The summed E-state index contributed by atoms with van der Waals surface area (Å²) in [5.41, 5.74) is 4.05. The van der Waals surface area contributed by atoms with Crippen molar-refractivity contribution in [2.45, 2.75) is 58.0 Å². The Morgan fingerprint density at radius 1 is 0.942 bits per heavy atom. The molecule has 0 saturated carbocycles. The number of nitrogens with zero attached hydrogens (tertiary/aromatic N) is 5. The molecule has 0 aliphatic carbocycles. The highest BCUT2D eigenvalue weighted by molar-refractivity contribution is 6.00. The van der Waals surface area contributed by atoms with Gasteiger partial charge in [0.1, 0.15) is 17.5 Å². The normalized spacial score (nSPS) is 20.2.